The van der Waals surface area contributed by atoms with Gasteiger partial charge in [0.05, 0.1) is 24.9 Å². The average molecular weight is 402 g/mol. The van der Waals surface area contributed by atoms with Crippen molar-refractivity contribution in [1.29, 1.82) is 0 Å². The fourth-order valence-electron chi connectivity index (χ4n) is 3.48. The van der Waals surface area contributed by atoms with Crippen molar-refractivity contribution >= 4 is 29.0 Å². The number of anilines is 1. The molecule has 0 aliphatic carbocycles. The van der Waals surface area contributed by atoms with Gasteiger partial charge in [-0.2, -0.15) is 0 Å². The maximum atomic E-state index is 13.6. The lowest BCUT2D eigenvalue weighted by Crippen LogP contribution is -2.22. The zero-order valence-corrected chi connectivity index (χ0v) is 16.3. The van der Waals surface area contributed by atoms with Crippen molar-refractivity contribution in [3.8, 4) is 0 Å². The Bertz CT molecular complexity index is 1120. The molecule has 6 heteroatoms. The first kappa shape index (κ1) is 19.5. The molecule has 5 nitrogen and oxygen atoms in total. The van der Waals surface area contributed by atoms with Gasteiger partial charge in [0.15, 0.2) is 0 Å². The van der Waals surface area contributed by atoms with E-state index in [0.717, 1.165) is 11.1 Å². The van der Waals surface area contributed by atoms with Gasteiger partial charge in [0.25, 0.3) is 0 Å². The molecule has 0 bridgehead atoms. The molecular formula is C24H19FN2O3. The first-order chi connectivity index (χ1) is 14.5. The van der Waals surface area contributed by atoms with E-state index in [1.54, 1.807) is 6.07 Å². The van der Waals surface area contributed by atoms with Crippen molar-refractivity contribution in [3.63, 3.8) is 0 Å². The standard InChI is InChI=1S/C24H19FN2O3/c1-30-21(28)13-15-7-9-16(10-8-15)23(26-18-5-3-2-4-6-18)22-19-12-11-17(25)14-20(19)27-24(22)29/h2-12,14,22H,13H2,1H3,(H,27,29). The lowest BCUT2D eigenvalue weighted by molar-refractivity contribution is -0.139. The van der Waals surface area contributed by atoms with Crippen molar-refractivity contribution < 1.29 is 18.7 Å². The number of methoxy groups -OCH3 is 1. The highest BCUT2D eigenvalue weighted by atomic mass is 19.1. The third-order valence-electron chi connectivity index (χ3n) is 4.95. The number of carbonyl (C=O) groups is 2. The molecule has 1 unspecified atom stereocenters. The second-order valence-corrected chi connectivity index (χ2v) is 6.94. The summed E-state index contributed by atoms with van der Waals surface area (Å²) in [5.41, 5.74) is 3.92. The summed E-state index contributed by atoms with van der Waals surface area (Å²) in [7, 11) is 1.35. The molecule has 0 spiro atoms. The Morgan fingerprint density at radius 3 is 2.50 bits per heavy atom. The topological polar surface area (TPSA) is 67.8 Å². The molecule has 1 heterocycles. The molecule has 3 aromatic rings. The van der Waals surface area contributed by atoms with Crippen molar-refractivity contribution in [1.82, 2.24) is 0 Å². The van der Waals surface area contributed by atoms with Gasteiger partial charge >= 0.3 is 5.97 Å². The summed E-state index contributed by atoms with van der Waals surface area (Å²) in [5.74, 6) is -1.67. The number of nitrogens with one attached hydrogen (secondary N) is 1. The number of hydrogen-bond donors (Lipinski definition) is 1. The summed E-state index contributed by atoms with van der Waals surface area (Å²) in [6, 6.07) is 20.9. The van der Waals surface area contributed by atoms with Gasteiger partial charge in [-0.15, -0.1) is 0 Å². The van der Waals surface area contributed by atoms with Crippen LogP contribution in [0.15, 0.2) is 77.8 Å². The summed E-state index contributed by atoms with van der Waals surface area (Å²) >= 11 is 0. The van der Waals surface area contributed by atoms with E-state index in [1.807, 2.05) is 54.6 Å². The van der Waals surface area contributed by atoms with Crippen LogP contribution in [0.5, 0.6) is 0 Å². The van der Waals surface area contributed by atoms with Gasteiger partial charge in [0.1, 0.15) is 11.7 Å². The monoisotopic (exact) mass is 402 g/mol. The number of esters is 1. The predicted octanol–water partition coefficient (Wildman–Crippen LogP) is 4.40. The summed E-state index contributed by atoms with van der Waals surface area (Å²) < 4.78 is 18.4. The predicted molar refractivity (Wildman–Crippen MR) is 113 cm³/mol. The van der Waals surface area contributed by atoms with Gasteiger partial charge in [-0.3, -0.25) is 14.6 Å². The molecule has 1 aliphatic heterocycles. The first-order valence-electron chi connectivity index (χ1n) is 9.45. The van der Waals surface area contributed by atoms with Gasteiger partial charge in [-0.05, 0) is 41.0 Å². The summed E-state index contributed by atoms with van der Waals surface area (Å²) in [6.07, 6.45) is 0.161. The minimum Gasteiger partial charge on any atom is -0.469 e. The zero-order valence-electron chi connectivity index (χ0n) is 16.3. The van der Waals surface area contributed by atoms with Crippen LogP contribution in [0, 0.1) is 5.82 Å². The fourth-order valence-corrected chi connectivity index (χ4v) is 3.48. The third kappa shape index (κ3) is 3.98. The number of carbonyl (C=O) groups excluding carboxylic acids is 2. The Labute approximate surface area is 173 Å². The molecule has 1 atom stereocenters. The molecule has 3 aromatic carbocycles. The van der Waals surface area contributed by atoms with Crippen LogP contribution in [0.3, 0.4) is 0 Å². The van der Waals surface area contributed by atoms with Crippen LogP contribution in [0.25, 0.3) is 0 Å². The van der Waals surface area contributed by atoms with Gasteiger partial charge in [-0.25, -0.2) is 4.39 Å². The number of hydrogen-bond acceptors (Lipinski definition) is 4. The molecule has 1 N–H and O–H groups in total. The third-order valence-corrected chi connectivity index (χ3v) is 4.95. The van der Waals surface area contributed by atoms with E-state index in [0.29, 0.717) is 22.6 Å². The Hall–Kier alpha value is -3.80. The minimum absolute atomic E-state index is 0.161. The molecule has 4 rings (SSSR count). The normalized spacial score (nSPS) is 15.5. The van der Waals surface area contributed by atoms with E-state index >= 15 is 0 Å². The van der Waals surface area contributed by atoms with E-state index in [4.69, 9.17) is 9.73 Å². The number of rotatable bonds is 5. The molecule has 0 fully saturated rings. The quantitative estimate of drug-likeness (QED) is 0.508. The number of amides is 1. The van der Waals surface area contributed by atoms with Crippen LogP contribution in [-0.2, 0) is 20.7 Å². The molecule has 0 saturated heterocycles. The highest BCUT2D eigenvalue weighted by molar-refractivity contribution is 6.24. The van der Waals surface area contributed by atoms with Crippen LogP contribution < -0.4 is 5.32 Å². The Morgan fingerprint density at radius 1 is 1.07 bits per heavy atom. The van der Waals surface area contributed by atoms with E-state index in [9.17, 15) is 14.0 Å². The summed E-state index contributed by atoms with van der Waals surface area (Å²) in [4.78, 5) is 29.1. The Morgan fingerprint density at radius 2 is 1.80 bits per heavy atom. The number of para-hydroxylation sites is 1. The second-order valence-electron chi connectivity index (χ2n) is 6.94. The first-order valence-corrected chi connectivity index (χ1v) is 9.45. The molecule has 1 aliphatic rings. The molecule has 0 saturated carbocycles. The van der Waals surface area contributed by atoms with Gasteiger partial charge in [-0.1, -0.05) is 48.5 Å². The van der Waals surface area contributed by atoms with E-state index in [2.05, 4.69) is 5.32 Å². The van der Waals surface area contributed by atoms with Crippen molar-refractivity contribution in [2.75, 3.05) is 12.4 Å². The lowest BCUT2D eigenvalue weighted by Gasteiger charge is -2.14. The number of fused-ring (bicyclic) bond motifs is 1. The van der Waals surface area contributed by atoms with Gasteiger partial charge < -0.3 is 10.1 Å². The van der Waals surface area contributed by atoms with E-state index in [-0.39, 0.29) is 18.3 Å². The van der Waals surface area contributed by atoms with Crippen LogP contribution in [0.1, 0.15) is 22.6 Å². The number of ether oxygens (including phenoxy) is 1. The van der Waals surface area contributed by atoms with Crippen molar-refractivity contribution in [2.24, 2.45) is 4.99 Å². The van der Waals surface area contributed by atoms with Crippen molar-refractivity contribution in [3.05, 3.63) is 95.3 Å². The van der Waals surface area contributed by atoms with Crippen LogP contribution in [0.4, 0.5) is 15.8 Å². The number of aliphatic imine (C=N–C) groups is 1. The zero-order chi connectivity index (χ0) is 21.1. The highest BCUT2D eigenvalue weighted by Crippen LogP contribution is 2.36. The Kier molecular flexibility index (Phi) is 5.39. The summed E-state index contributed by atoms with van der Waals surface area (Å²) in [6.45, 7) is 0. The van der Waals surface area contributed by atoms with Crippen LogP contribution in [0.2, 0.25) is 0 Å². The molecule has 0 aromatic heterocycles. The lowest BCUT2D eigenvalue weighted by atomic mass is 9.90. The smallest absolute Gasteiger partial charge is 0.309 e. The number of nitrogens with zero attached hydrogens (tertiary/aromatic N) is 1. The average Bonchev–Trinajstić information content (AvgIpc) is 3.08. The SMILES string of the molecule is COC(=O)Cc1ccc(C(=Nc2ccccc2)C2C(=O)Nc3cc(F)ccc32)cc1. The van der Waals surface area contributed by atoms with Crippen LogP contribution in [-0.4, -0.2) is 24.7 Å². The largest absolute Gasteiger partial charge is 0.469 e. The number of halogens is 1. The Balaban J connectivity index is 1.78. The molecule has 150 valence electrons. The number of benzene rings is 3. The van der Waals surface area contributed by atoms with Crippen molar-refractivity contribution in [2.45, 2.75) is 12.3 Å². The van der Waals surface area contributed by atoms with Gasteiger partial charge in [0, 0.05) is 5.69 Å². The molecule has 0 radical (unpaired) electrons. The van der Waals surface area contributed by atoms with Gasteiger partial charge in [0.2, 0.25) is 5.91 Å². The molecule has 30 heavy (non-hydrogen) atoms. The summed E-state index contributed by atoms with van der Waals surface area (Å²) in [5, 5.41) is 2.75. The molecular weight excluding hydrogens is 383 g/mol. The van der Waals surface area contributed by atoms with E-state index < -0.39 is 11.7 Å². The molecule has 1 amide bonds. The minimum atomic E-state index is -0.674. The highest BCUT2D eigenvalue weighted by Gasteiger charge is 2.35. The van der Waals surface area contributed by atoms with E-state index in [1.165, 1.54) is 19.2 Å². The van der Waals surface area contributed by atoms with Crippen LogP contribution >= 0.6 is 0 Å². The second kappa shape index (κ2) is 8.29. The maximum Gasteiger partial charge on any atom is 0.309 e. The fraction of sp³-hybridized carbons (Fsp3) is 0.125. The maximum absolute atomic E-state index is 13.6.